The minimum absolute atomic E-state index is 0. The average molecular weight is 329 g/mol. The van der Waals surface area contributed by atoms with Crippen LogP contribution in [0.5, 0.6) is 5.75 Å². The van der Waals surface area contributed by atoms with Crippen LogP contribution < -0.4 is 10.5 Å². The van der Waals surface area contributed by atoms with Crippen LogP contribution >= 0.6 is 12.4 Å². The predicted molar refractivity (Wildman–Crippen MR) is 84.7 cm³/mol. The van der Waals surface area contributed by atoms with E-state index in [1.165, 1.54) is 13.2 Å². The second kappa shape index (κ2) is 6.84. The van der Waals surface area contributed by atoms with Crippen molar-refractivity contribution in [1.29, 1.82) is 0 Å². The Morgan fingerprint density at radius 3 is 2.82 bits per heavy atom. The normalized spacial score (nSPS) is 26.5. The van der Waals surface area contributed by atoms with Crippen molar-refractivity contribution in [3.05, 3.63) is 29.6 Å². The Balaban J connectivity index is 0.00000176. The molecule has 0 radical (unpaired) electrons. The molecule has 0 spiro atoms. The first-order chi connectivity index (χ1) is 10.1. The van der Waals surface area contributed by atoms with Crippen LogP contribution in [-0.2, 0) is 11.2 Å². The molecule has 1 aromatic carbocycles. The van der Waals surface area contributed by atoms with Crippen LogP contribution in [0.15, 0.2) is 18.2 Å². The van der Waals surface area contributed by atoms with Gasteiger partial charge in [-0.2, -0.15) is 0 Å². The van der Waals surface area contributed by atoms with Crippen LogP contribution in [0, 0.1) is 17.7 Å². The Morgan fingerprint density at radius 1 is 1.41 bits per heavy atom. The van der Waals surface area contributed by atoms with E-state index in [1.807, 2.05) is 4.90 Å². The van der Waals surface area contributed by atoms with Crippen LogP contribution in [0.3, 0.4) is 0 Å². The predicted octanol–water partition coefficient (Wildman–Crippen LogP) is 1.99. The van der Waals surface area contributed by atoms with Crippen molar-refractivity contribution < 1.29 is 13.9 Å². The highest BCUT2D eigenvalue weighted by molar-refractivity contribution is 5.85. The topological polar surface area (TPSA) is 55.6 Å². The fourth-order valence-electron chi connectivity index (χ4n) is 3.62. The third-order valence-electron chi connectivity index (χ3n) is 4.84. The molecule has 0 bridgehead atoms. The molecule has 1 heterocycles. The fourth-order valence-corrected chi connectivity index (χ4v) is 3.62. The van der Waals surface area contributed by atoms with Crippen molar-refractivity contribution in [3.63, 3.8) is 0 Å². The number of rotatable bonds is 3. The first kappa shape index (κ1) is 17.0. The van der Waals surface area contributed by atoms with E-state index in [-0.39, 0.29) is 36.5 Å². The highest BCUT2D eigenvalue weighted by atomic mass is 35.5. The zero-order valence-electron chi connectivity index (χ0n) is 12.6. The van der Waals surface area contributed by atoms with Crippen molar-refractivity contribution in [1.82, 2.24) is 4.90 Å². The van der Waals surface area contributed by atoms with Crippen molar-refractivity contribution in [2.45, 2.75) is 25.3 Å². The van der Waals surface area contributed by atoms with Crippen LogP contribution in [0.2, 0.25) is 0 Å². The third-order valence-corrected chi connectivity index (χ3v) is 4.84. The summed E-state index contributed by atoms with van der Waals surface area (Å²) < 4.78 is 18.5. The first-order valence-corrected chi connectivity index (χ1v) is 7.44. The fraction of sp³-hybridized carbons (Fsp3) is 0.562. The van der Waals surface area contributed by atoms with E-state index in [1.54, 1.807) is 12.1 Å². The number of hydrogen-bond acceptors (Lipinski definition) is 3. The van der Waals surface area contributed by atoms with Gasteiger partial charge in [0, 0.05) is 19.1 Å². The van der Waals surface area contributed by atoms with Crippen LogP contribution in [0.25, 0.3) is 0 Å². The largest absolute Gasteiger partial charge is 0.494 e. The standard InChI is InChI=1S/C16H21FN2O2.ClH/c1-21-15-5-2-10(6-13(15)17)7-16(20)19-8-11-3-4-14(18)12(11)9-19;/h2,5-6,11-12,14H,3-4,7-9,18H2,1H3;1H. The van der Waals surface area contributed by atoms with E-state index in [4.69, 9.17) is 10.5 Å². The van der Waals surface area contributed by atoms with Crippen LogP contribution in [0.1, 0.15) is 18.4 Å². The van der Waals surface area contributed by atoms with Crippen molar-refractivity contribution in [3.8, 4) is 5.75 Å². The molecule has 3 atom stereocenters. The van der Waals surface area contributed by atoms with Gasteiger partial charge in [0.15, 0.2) is 11.6 Å². The molecule has 2 fully saturated rings. The van der Waals surface area contributed by atoms with E-state index in [9.17, 15) is 9.18 Å². The van der Waals surface area contributed by atoms with Gasteiger partial charge in [0.1, 0.15) is 0 Å². The second-order valence-electron chi connectivity index (χ2n) is 6.11. The van der Waals surface area contributed by atoms with Gasteiger partial charge in [0.25, 0.3) is 0 Å². The van der Waals surface area contributed by atoms with Crippen molar-refractivity contribution >= 4 is 18.3 Å². The number of amides is 1. The lowest BCUT2D eigenvalue weighted by molar-refractivity contribution is -0.129. The number of benzene rings is 1. The number of methoxy groups -OCH3 is 1. The summed E-state index contributed by atoms with van der Waals surface area (Å²) in [5, 5.41) is 0. The Morgan fingerprint density at radius 2 is 2.18 bits per heavy atom. The SMILES string of the molecule is COc1ccc(CC(=O)N2CC3CCC(N)C3C2)cc1F.Cl. The number of hydrogen-bond donors (Lipinski definition) is 1. The lowest BCUT2D eigenvalue weighted by Crippen LogP contribution is -2.34. The highest BCUT2D eigenvalue weighted by Crippen LogP contribution is 2.37. The van der Waals surface area contributed by atoms with Gasteiger partial charge in [-0.25, -0.2) is 4.39 Å². The summed E-state index contributed by atoms with van der Waals surface area (Å²) in [6.07, 6.45) is 2.42. The average Bonchev–Trinajstić information content (AvgIpc) is 3.02. The van der Waals surface area contributed by atoms with E-state index in [2.05, 4.69) is 0 Å². The van der Waals surface area contributed by atoms with E-state index >= 15 is 0 Å². The summed E-state index contributed by atoms with van der Waals surface area (Å²) in [6, 6.07) is 4.90. The van der Waals surface area contributed by atoms with Gasteiger partial charge in [-0.3, -0.25) is 4.79 Å². The Kier molecular flexibility index (Phi) is 5.29. The molecule has 1 aromatic rings. The van der Waals surface area contributed by atoms with Gasteiger partial charge in [0.2, 0.25) is 5.91 Å². The maximum atomic E-state index is 13.7. The monoisotopic (exact) mass is 328 g/mol. The molecule has 1 amide bonds. The van der Waals surface area contributed by atoms with Crippen LogP contribution in [-0.4, -0.2) is 37.0 Å². The number of nitrogens with zero attached hydrogens (tertiary/aromatic N) is 1. The van der Waals surface area contributed by atoms with Gasteiger partial charge in [-0.1, -0.05) is 6.07 Å². The molecule has 3 rings (SSSR count). The number of carbonyl (C=O) groups excluding carboxylic acids is 1. The first-order valence-electron chi connectivity index (χ1n) is 7.44. The summed E-state index contributed by atoms with van der Waals surface area (Å²) in [6.45, 7) is 1.55. The molecule has 1 aliphatic carbocycles. The summed E-state index contributed by atoms with van der Waals surface area (Å²) in [5.74, 6) is 0.829. The molecule has 1 aliphatic heterocycles. The maximum absolute atomic E-state index is 13.7. The Labute approximate surface area is 136 Å². The van der Waals surface area contributed by atoms with Gasteiger partial charge >= 0.3 is 0 Å². The number of carbonyl (C=O) groups is 1. The summed E-state index contributed by atoms with van der Waals surface area (Å²) in [5.41, 5.74) is 6.77. The number of likely N-dealkylation sites (tertiary alicyclic amines) is 1. The van der Waals surface area contributed by atoms with Gasteiger partial charge in [-0.05, 0) is 42.4 Å². The minimum Gasteiger partial charge on any atom is -0.494 e. The smallest absolute Gasteiger partial charge is 0.227 e. The van der Waals surface area contributed by atoms with Crippen molar-refractivity contribution in [2.24, 2.45) is 17.6 Å². The second-order valence-corrected chi connectivity index (χ2v) is 6.11. The molecular formula is C16H22ClFN2O2. The molecule has 4 nitrogen and oxygen atoms in total. The Bertz CT molecular complexity index is 555. The molecule has 0 aromatic heterocycles. The lowest BCUT2D eigenvalue weighted by atomic mass is 9.98. The van der Waals surface area contributed by atoms with Crippen LogP contribution in [0.4, 0.5) is 4.39 Å². The zero-order valence-corrected chi connectivity index (χ0v) is 13.4. The minimum atomic E-state index is -0.428. The molecule has 6 heteroatoms. The molecule has 122 valence electrons. The van der Waals surface area contributed by atoms with Gasteiger partial charge < -0.3 is 15.4 Å². The van der Waals surface area contributed by atoms with E-state index < -0.39 is 5.82 Å². The number of ether oxygens (including phenoxy) is 1. The van der Waals surface area contributed by atoms with Gasteiger partial charge in [-0.15, -0.1) is 12.4 Å². The van der Waals surface area contributed by atoms with E-state index in [0.717, 1.165) is 25.9 Å². The van der Waals surface area contributed by atoms with Gasteiger partial charge in [0.05, 0.1) is 13.5 Å². The molecule has 2 aliphatic rings. The lowest BCUT2D eigenvalue weighted by Gasteiger charge is -2.19. The molecule has 1 saturated heterocycles. The molecule has 3 unspecified atom stereocenters. The molecule has 22 heavy (non-hydrogen) atoms. The summed E-state index contributed by atoms with van der Waals surface area (Å²) in [7, 11) is 1.43. The third kappa shape index (κ3) is 3.20. The van der Waals surface area contributed by atoms with E-state index in [0.29, 0.717) is 17.4 Å². The number of nitrogens with two attached hydrogens (primary N) is 1. The summed E-state index contributed by atoms with van der Waals surface area (Å²) in [4.78, 5) is 14.2. The zero-order chi connectivity index (χ0) is 15.0. The quantitative estimate of drug-likeness (QED) is 0.923. The van der Waals surface area contributed by atoms with Crippen molar-refractivity contribution in [2.75, 3.05) is 20.2 Å². The summed E-state index contributed by atoms with van der Waals surface area (Å²) >= 11 is 0. The molecule has 1 saturated carbocycles. The maximum Gasteiger partial charge on any atom is 0.227 e. The highest BCUT2D eigenvalue weighted by Gasteiger charge is 2.42. The number of fused-ring (bicyclic) bond motifs is 1. The molecule has 2 N–H and O–H groups in total. The molecular weight excluding hydrogens is 307 g/mol. The Hall–Kier alpha value is -1.33. The number of halogens is 2.